The van der Waals surface area contributed by atoms with Crippen LogP contribution in [-0.2, 0) is 11.2 Å². The minimum atomic E-state index is -0.513. The van der Waals surface area contributed by atoms with E-state index in [9.17, 15) is 9.18 Å². The van der Waals surface area contributed by atoms with Gasteiger partial charge in [-0.15, -0.1) is 0 Å². The molecule has 0 bridgehead atoms. The fourth-order valence-corrected chi connectivity index (χ4v) is 2.54. The molecule has 0 aliphatic heterocycles. The van der Waals surface area contributed by atoms with Crippen LogP contribution in [-0.4, -0.2) is 11.7 Å². The molecule has 0 unspecified atom stereocenters. The number of aryl methyl sites for hydroxylation is 1. The molecule has 1 amide bonds. The van der Waals surface area contributed by atoms with Gasteiger partial charge in [0.15, 0.2) is 0 Å². The summed E-state index contributed by atoms with van der Waals surface area (Å²) in [5, 5.41) is 2.83. The van der Waals surface area contributed by atoms with Gasteiger partial charge in [0.25, 0.3) is 0 Å². The summed E-state index contributed by atoms with van der Waals surface area (Å²) < 4.78 is 18.6. The predicted octanol–water partition coefficient (Wildman–Crippen LogP) is 5.31. The summed E-state index contributed by atoms with van der Waals surface area (Å²) >= 11 is 0. The first-order chi connectivity index (χ1) is 11.6. The third-order valence-corrected chi connectivity index (χ3v) is 3.84. The number of halogens is 1. The van der Waals surface area contributed by atoms with Gasteiger partial charge >= 0.3 is 6.09 Å². The van der Waals surface area contributed by atoms with Gasteiger partial charge in [0, 0.05) is 0 Å². The van der Waals surface area contributed by atoms with E-state index in [0.717, 1.165) is 23.1 Å². The molecule has 0 spiro atoms. The van der Waals surface area contributed by atoms with E-state index in [1.165, 1.54) is 6.07 Å². The van der Waals surface area contributed by atoms with E-state index in [1.54, 1.807) is 6.92 Å². The molecule has 0 radical (unpaired) electrons. The molecule has 4 heteroatoms. The SMILES string of the molecule is Cc1cc(Cc2ccc([C@H](C)NC(=O)OC(C)(C)C)cc2)ccc1F. The lowest BCUT2D eigenvalue weighted by molar-refractivity contribution is 0.0508. The van der Waals surface area contributed by atoms with Crippen molar-refractivity contribution in [3.63, 3.8) is 0 Å². The summed E-state index contributed by atoms with van der Waals surface area (Å²) in [5.74, 6) is -0.179. The Kier molecular flexibility index (Phi) is 5.83. The normalized spacial score (nSPS) is 12.6. The van der Waals surface area contributed by atoms with Crippen molar-refractivity contribution in [2.75, 3.05) is 0 Å². The van der Waals surface area contributed by atoms with Crippen LogP contribution in [0.2, 0.25) is 0 Å². The third kappa shape index (κ3) is 5.89. The molecular formula is C21H26FNO2. The zero-order valence-electron chi connectivity index (χ0n) is 15.5. The molecule has 0 aromatic heterocycles. The zero-order valence-corrected chi connectivity index (χ0v) is 15.5. The Labute approximate surface area is 149 Å². The van der Waals surface area contributed by atoms with E-state index in [1.807, 2.05) is 64.1 Å². The van der Waals surface area contributed by atoms with Gasteiger partial charge in [-0.25, -0.2) is 9.18 Å². The van der Waals surface area contributed by atoms with E-state index >= 15 is 0 Å². The van der Waals surface area contributed by atoms with E-state index in [4.69, 9.17) is 4.74 Å². The minimum absolute atomic E-state index is 0.142. The molecule has 2 rings (SSSR count). The molecule has 3 nitrogen and oxygen atoms in total. The van der Waals surface area contributed by atoms with Crippen molar-refractivity contribution in [3.05, 3.63) is 70.5 Å². The highest BCUT2D eigenvalue weighted by molar-refractivity contribution is 5.68. The van der Waals surface area contributed by atoms with E-state index in [0.29, 0.717) is 5.56 Å². The number of rotatable bonds is 4. The van der Waals surface area contributed by atoms with Gasteiger partial charge < -0.3 is 10.1 Å². The Balaban J connectivity index is 1.99. The second kappa shape index (κ2) is 7.68. The molecule has 0 fully saturated rings. The van der Waals surface area contributed by atoms with Gasteiger partial charge in [0.05, 0.1) is 6.04 Å². The largest absolute Gasteiger partial charge is 0.444 e. The molecule has 0 heterocycles. The smallest absolute Gasteiger partial charge is 0.408 e. The highest BCUT2D eigenvalue weighted by atomic mass is 19.1. The lowest BCUT2D eigenvalue weighted by Crippen LogP contribution is -2.34. The first kappa shape index (κ1) is 19.0. The number of carbonyl (C=O) groups is 1. The summed E-state index contributed by atoms with van der Waals surface area (Å²) in [4.78, 5) is 11.8. The van der Waals surface area contributed by atoms with Crippen molar-refractivity contribution in [3.8, 4) is 0 Å². The van der Waals surface area contributed by atoms with Crippen LogP contribution in [0.4, 0.5) is 9.18 Å². The number of hydrogen-bond acceptors (Lipinski definition) is 2. The van der Waals surface area contributed by atoms with Gasteiger partial charge in [-0.1, -0.05) is 36.4 Å². The van der Waals surface area contributed by atoms with Crippen molar-refractivity contribution < 1.29 is 13.9 Å². The third-order valence-electron chi connectivity index (χ3n) is 3.84. The van der Waals surface area contributed by atoms with Crippen LogP contribution in [0.1, 0.15) is 56.0 Å². The zero-order chi connectivity index (χ0) is 18.6. The summed E-state index contributed by atoms with van der Waals surface area (Å²) in [6, 6.07) is 13.1. The van der Waals surface area contributed by atoms with Gasteiger partial charge in [0.1, 0.15) is 11.4 Å². The fraction of sp³-hybridized carbons (Fsp3) is 0.381. The molecule has 1 N–H and O–H groups in total. The lowest BCUT2D eigenvalue weighted by Gasteiger charge is -2.22. The van der Waals surface area contributed by atoms with Crippen molar-refractivity contribution in [1.82, 2.24) is 5.32 Å². The van der Waals surface area contributed by atoms with Crippen LogP contribution >= 0.6 is 0 Å². The molecule has 134 valence electrons. The molecule has 0 aliphatic carbocycles. The lowest BCUT2D eigenvalue weighted by atomic mass is 10.0. The summed E-state index contributed by atoms with van der Waals surface area (Å²) in [7, 11) is 0. The van der Waals surface area contributed by atoms with Crippen molar-refractivity contribution in [2.45, 2.75) is 52.7 Å². The van der Waals surface area contributed by atoms with Crippen molar-refractivity contribution >= 4 is 6.09 Å². The van der Waals surface area contributed by atoms with Crippen LogP contribution in [0.25, 0.3) is 0 Å². The van der Waals surface area contributed by atoms with Crippen LogP contribution in [0.5, 0.6) is 0 Å². The van der Waals surface area contributed by atoms with Crippen LogP contribution in [0, 0.1) is 12.7 Å². The molecule has 0 aliphatic rings. The molecule has 0 saturated carbocycles. The number of amides is 1. The van der Waals surface area contributed by atoms with Gasteiger partial charge in [-0.2, -0.15) is 0 Å². The van der Waals surface area contributed by atoms with Crippen LogP contribution in [0.15, 0.2) is 42.5 Å². The Morgan fingerprint density at radius 1 is 1.12 bits per heavy atom. The summed E-state index contributed by atoms with van der Waals surface area (Å²) in [6.07, 6.45) is 0.320. The molecular weight excluding hydrogens is 317 g/mol. The average Bonchev–Trinajstić information content (AvgIpc) is 2.49. The maximum absolute atomic E-state index is 13.3. The Hall–Kier alpha value is -2.36. The maximum atomic E-state index is 13.3. The van der Waals surface area contributed by atoms with Crippen molar-refractivity contribution in [1.29, 1.82) is 0 Å². The summed E-state index contributed by atoms with van der Waals surface area (Å²) in [5.41, 5.74) is 3.36. The molecule has 2 aromatic rings. The van der Waals surface area contributed by atoms with Gasteiger partial charge in [-0.3, -0.25) is 0 Å². The highest BCUT2D eigenvalue weighted by Crippen LogP contribution is 2.18. The van der Waals surface area contributed by atoms with Crippen molar-refractivity contribution in [2.24, 2.45) is 0 Å². The molecule has 0 saturated heterocycles. The van der Waals surface area contributed by atoms with Gasteiger partial charge in [-0.05, 0) is 69.4 Å². The number of hydrogen-bond donors (Lipinski definition) is 1. The van der Waals surface area contributed by atoms with E-state index < -0.39 is 11.7 Å². The number of alkyl carbamates (subject to hydrolysis) is 1. The maximum Gasteiger partial charge on any atom is 0.408 e. The summed E-state index contributed by atoms with van der Waals surface area (Å²) in [6.45, 7) is 9.20. The number of nitrogens with one attached hydrogen (secondary N) is 1. The first-order valence-corrected chi connectivity index (χ1v) is 8.47. The quantitative estimate of drug-likeness (QED) is 0.817. The predicted molar refractivity (Wildman–Crippen MR) is 98.2 cm³/mol. The number of ether oxygens (including phenoxy) is 1. The minimum Gasteiger partial charge on any atom is -0.444 e. The van der Waals surface area contributed by atoms with E-state index in [2.05, 4.69) is 5.32 Å². The number of carbonyl (C=O) groups excluding carboxylic acids is 1. The fourth-order valence-electron chi connectivity index (χ4n) is 2.54. The van der Waals surface area contributed by atoms with Gasteiger partial charge in [0.2, 0.25) is 0 Å². The average molecular weight is 343 g/mol. The number of benzene rings is 2. The second-order valence-corrected chi connectivity index (χ2v) is 7.37. The standard InChI is InChI=1S/C21H26FNO2/c1-14-12-17(8-11-19(14)22)13-16-6-9-18(10-7-16)15(2)23-20(24)25-21(3,4)5/h6-12,15H,13H2,1-5H3,(H,23,24)/t15-/m0/s1. The molecule has 2 aromatic carbocycles. The van der Waals surface area contributed by atoms with Crippen LogP contribution in [0.3, 0.4) is 0 Å². The Morgan fingerprint density at radius 3 is 2.28 bits per heavy atom. The monoisotopic (exact) mass is 343 g/mol. The topological polar surface area (TPSA) is 38.3 Å². The molecule has 1 atom stereocenters. The van der Waals surface area contributed by atoms with E-state index in [-0.39, 0.29) is 11.9 Å². The Morgan fingerprint density at radius 2 is 1.72 bits per heavy atom. The highest BCUT2D eigenvalue weighted by Gasteiger charge is 2.18. The first-order valence-electron chi connectivity index (χ1n) is 8.47. The molecule has 25 heavy (non-hydrogen) atoms. The Bertz CT molecular complexity index is 733. The van der Waals surface area contributed by atoms with Crippen LogP contribution < -0.4 is 5.32 Å². The second-order valence-electron chi connectivity index (χ2n) is 7.37.